The van der Waals surface area contributed by atoms with Gasteiger partial charge in [0.1, 0.15) is 0 Å². The van der Waals surface area contributed by atoms with Crippen molar-refractivity contribution >= 4 is 73.5 Å². The van der Waals surface area contributed by atoms with Crippen LogP contribution in [0.3, 0.4) is 0 Å². The van der Waals surface area contributed by atoms with Crippen LogP contribution in [0.1, 0.15) is 23.9 Å². The fraction of sp³-hybridized carbons (Fsp3) is 0.429. The highest BCUT2D eigenvalue weighted by atomic mass is 127. The number of carbonyl (C=O) groups is 2. The number of aromatic nitrogens is 3. The molecule has 1 aliphatic carbocycles. The van der Waals surface area contributed by atoms with Gasteiger partial charge in [-0.25, -0.2) is 23.5 Å². The first-order chi connectivity index (χ1) is 16.4. The molecule has 1 saturated heterocycles. The number of hydrogen-bond acceptors (Lipinski definition) is 6. The van der Waals surface area contributed by atoms with Gasteiger partial charge < -0.3 is 9.84 Å². The maximum Gasteiger partial charge on any atom is 0.347 e. The maximum absolute atomic E-state index is 13.7. The fourth-order valence-corrected chi connectivity index (χ4v) is 7.44. The average Bonchev–Trinajstić information content (AvgIpc) is 3.13. The normalized spacial score (nSPS) is 29.5. The number of alkyl halides is 3. The van der Waals surface area contributed by atoms with Crippen LogP contribution in [0.25, 0.3) is 0 Å². The number of imide groups is 1. The van der Waals surface area contributed by atoms with E-state index >= 15 is 0 Å². The minimum atomic E-state index is -1.94. The molecule has 3 aliphatic rings. The van der Waals surface area contributed by atoms with Crippen molar-refractivity contribution < 1.29 is 19.4 Å². The average molecular weight is 700 g/mol. The lowest BCUT2D eigenvalue weighted by Gasteiger charge is -2.49. The number of carbonyl (C=O) groups excluding carboxylic acids is 2. The number of amides is 2. The summed E-state index contributed by atoms with van der Waals surface area (Å²) < 4.78 is 9.29. The van der Waals surface area contributed by atoms with Crippen molar-refractivity contribution in [3.05, 3.63) is 53.9 Å². The van der Waals surface area contributed by atoms with Crippen molar-refractivity contribution in [2.75, 3.05) is 12.6 Å². The Bertz CT molecular complexity index is 1470. The number of phenolic OH excluding ortho intramolecular Hbond substituents is 1. The third kappa shape index (κ3) is 2.99. The summed E-state index contributed by atoms with van der Waals surface area (Å²) in [6.45, 7) is 0.0656. The highest BCUT2D eigenvalue weighted by Gasteiger charge is 2.75. The Balaban J connectivity index is 1.84. The molecule has 4 atom stereocenters. The van der Waals surface area contributed by atoms with E-state index in [0.29, 0.717) is 14.7 Å². The summed E-state index contributed by atoms with van der Waals surface area (Å²) in [6.07, 6.45) is 1.57. The molecule has 0 radical (unpaired) electrons. The van der Waals surface area contributed by atoms with Gasteiger partial charge in [-0.1, -0.05) is 22.0 Å². The van der Waals surface area contributed by atoms with Crippen LogP contribution in [-0.2, 0) is 23.2 Å². The van der Waals surface area contributed by atoms with Gasteiger partial charge in [-0.05, 0) is 45.9 Å². The molecule has 0 spiro atoms. The zero-order chi connectivity index (χ0) is 25.6. The van der Waals surface area contributed by atoms with E-state index in [0.717, 1.165) is 9.47 Å². The monoisotopic (exact) mass is 698 g/mol. The van der Waals surface area contributed by atoms with Gasteiger partial charge in [0, 0.05) is 19.4 Å². The van der Waals surface area contributed by atoms with E-state index in [1.54, 1.807) is 12.1 Å². The lowest BCUT2D eigenvalue weighted by atomic mass is 9.64. The fourth-order valence-electron chi connectivity index (χ4n) is 5.41. The van der Waals surface area contributed by atoms with Crippen molar-refractivity contribution in [3.63, 3.8) is 0 Å². The molecule has 3 heterocycles. The van der Waals surface area contributed by atoms with Crippen molar-refractivity contribution in [2.45, 2.75) is 34.7 Å². The number of ether oxygens (including phenoxy) is 1. The second kappa shape index (κ2) is 8.12. The molecule has 5 rings (SSSR count). The number of rotatable bonds is 3. The molecule has 14 heteroatoms. The van der Waals surface area contributed by atoms with Crippen LogP contribution in [0, 0.1) is 3.57 Å². The molecular weight excluding hydrogens is 682 g/mol. The number of likely N-dealkylation sites (tertiary alicyclic amines) is 1. The first kappa shape index (κ1) is 24.9. The zero-order valence-electron chi connectivity index (χ0n) is 18.3. The number of allylic oxidation sites excluding steroid dienone is 2. The van der Waals surface area contributed by atoms with Crippen molar-refractivity contribution in [1.29, 1.82) is 0 Å². The standard InChI is InChI=1S/C21H18BrCl2IN4O6/c1-26-18(33)28-4-3-10-12(29(28)19(26)34)7-20(23)16(31)27(8-22)17(32)21(20,24)14(10)9-5-11(25)15(30)13(6-9)35-2/h3,5-6,12,14,30H,4,7-8H2,1-2H3/t12-,14+,20-,21+/m1/s1. The summed E-state index contributed by atoms with van der Waals surface area (Å²) >= 11 is 19.3. The summed E-state index contributed by atoms with van der Waals surface area (Å²) in [6, 6.07) is 2.36. The lowest BCUT2D eigenvalue weighted by molar-refractivity contribution is -0.138. The lowest BCUT2D eigenvalue weighted by Crippen LogP contribution is -2.59. The van der Waals surface area contributed by atoms with E-state index in [9.17, 15) is 24.3 Å². The summed E-state index contributed by atoms with van der Waals surface area (Å²) in [5.74, 6) is -2.28. The van der Waals surface area contributed by atoms with E-state index < -0.39 is 44.9 Å². The van der Waals surface area contributed by atoms with Crippen molar-refractivity contribution in [2.24, 2.45) is 7.05 Å². The van der Waals surface area contributed by atoms with Gasteiger partial charge in [0.15, 0.2) is 21.2 Å². The summed E-state index contributed by atoms with van der Waals surface area (Å²) in [5, 5.41) is 10.4. The number of halogens is 4. The number of fused-ring (bicyclic) bond motifs is 4. The van der Waals surface area contributed by atoms with Crippen LogP contribution >= 0.6 is 61.7 Å². The van der Waals surface area contributed by atoms with Crippen molar-refractivity contribution in [3.8, 4) is 11.5 Å². The van der Waals surface area contributed by atoms with Gasteiger partial charge in [0.05, 0.1) is 28.7 Å². The molecule has 1 aromatic heterocycles. The molecule has 186 valence electrons. The van der Waals surface area contributed by atoms with Crippen molar-refractivity contribution in [1.82, 2.24) is 18.8 Å². The number of benzene rings is 1. The van der Waals surface area contributed by atoms with E-state index in [4.69, 9.17) is 27.9 Å². The number of phenols is 1. The van der Waals surface area contributed by atoms with Crippen LogP contribution in [0.15, 0.2) is 33.4 Å². The smallest absolute Gasteiger partial charge is 0.347 e. The first-order valence-corrected chi connectivity index (χ1v) is 13.3. The molecule has 1 aromatic carbocycles. The quantitative estimate of drug-likeness (QED) is 0.173. The van der Waals surface area contributed by atoms with Gasteiger partial charge in [0.25, 0.3) is 11.8 Å². The Morgan fingerprint density at radius 2 is 1.89 bits per heavy atom. The Labute approximate surface area is 230 Å². The summed E-state index contributed by atoms with van der Waals surface area (Å²) in [4.78, 5) is 49.9. The zero-order valence-corrected chi connectivity index (χ0v) is 23.6. The number of nitrogens with zero attached hydrogens (tertiary/aromatic N) is 4. The first-order valence-electron chi connectivity index (χ1n) is 10.4. The molecule has 2 amide bonds. The molecule has 2 fully saturated rings. The predicted molar refractivity (Wildman–Crippen MR) is 139 cm³/mol. The van der Waals surface area contributed by atoms with Crippen LogP contribution in [0.4, 0.5) is 0 Å². The highest BCUT2D eigenvalue weighted by molar-refractivity contribution is 14.1. The van der Waals surface area contributed by atoms with E-state index in [1.807, 2.05) is 22.6 Å². The second-order valence-electron chi connectivity index (χ2n) is 8.63. The Hall–Kier alpha value is -1.77. The van der Waals surface area contributed by atoms with Crippen LogP contribution in [-0.4, -0.2) is 58.1 Å². The molecule has 2 aromatic rings. The van der Waals surface area contributed by atoms with E-state index in [-0.39, 0.29) is 29.9 Å². The third-order valence-electron chi connectivity index (χ3n) is 7.08. The van der Waals surface area contributed by atoms with E-state index in [1.165, 1.54) is 29.6 Å². The topological polar surface area (TPSA) is 116 Å². The maximum atomic E-state index is 13.7. The Morgan fingerprint density at radius 1 is 1.20 bits per heavy atom. The summed E-state index contributed by atoms with van der Waals surface area (Å²) in [7, 11) is 2.76. The number of methoxy groups -OCH3 is 1. The number of aromatic hydroxyl groups is 1. The van der Waals surface area contributed by atoms with Gasteiger partial charge in [-0.15, -0.1) is 23.2 Å². The van der Waals surface area contributed by atoms with Gasteiger partial charge in [-0.3, -0.25) is 14.5 Å². The Kier molecular flexibility index (Phi) is 5.78. The molecule has 1 N–H and O–H groups in total. The molecule has 10 nitrogen and oxygen atoms in total. The molecule has 35 heavy (non-hydrogen) atoms. The minimum Gasteiger partial charge on any atom is -0.504 e. The molecular formula is C21H18BrCl2IN4O6. The SMILES string of the molecule is COc1cc([C@H]2C3=CCn4c(=O)n(C)c(=O)n4[C@@H]3C[C@@]3(Cl)C(=O)N(CBr)C(=O)[C@@]23Cl)cc(I)c1O. The Morgan fingerprint density at radius 3 is 2.51 bits per heavy atom. The molecule has 0 unspecified atom stereocenters. The van der Waals surface area contributed by atoms with Gasteiger partial charge in [0.2, 0.25) is 0 Å². The van der Waals surface area contributed by atoms with Gasteiger partial charge in [-0.2, -0.15) is 0 Å². The summed E-state index contributed by atoms with van der Waals surface area (Å²) in [5.41, 5.74) is -0.151. The second-order valence-corrected chi connectivity index (χ2v) is 11.5. The van der Waals surface area contributed by atoms with Crippen LogP contribution in [0.2, 0.25) is 0 Å². The third-order valence-corrected chi connectivity index (χ3v) is 9.81. The predicted octanol–water partition coefficient (Wildman–Crippen LogP) is 2.01. The molecule has 1 saturated carbocycles. The molecule has 0 bridgehead atoms. The highest BCUT2D eigenvalue weighted by Crippen LogP contribution is 2.63. The number of hydrogen-bond donors (Lipinski definition) is 1. The van der Waals surface area contributed by atoms with E-state index in [2.05, 4.69) is 15.9 Å². The van der Waals surface area contributed by atoms with Gasteiger partial charge >= 0.3 is 11.4 Å². The minimum absolute atomic E-state index is 0.0656. The largest absolute Gasteiger partial charge is 0.504 e. The van der Waals surface area contributed by atoms with Crippen LogP contribution in [0.5, 0.6) is 11.5 Å². The van der Waals surface area contributed by atoms with Crippen LogP contribution < -0.4 is 16.1 Å². The molecule has 2 aliphatic heterocycles.